The quantitative estimate of drug-likeness (QED) is 0.0719. The molecule has 1 aliphatic carbocycles. The van der Waals surface area contributed by atoms with Gasteiger partial charge in [0.25, 0.3) is 5.91 Å². The fourth-order valence-corrected chi connectivity index (χ4v) is 7.89. The van der Waals surface area contributed by atoms with Crippen LogP contribution in [0.4, 0.5) is 4.79 Å². The van der Waals surface area contributed by atoms with Crippen molar-refractivity contribution in [3.8, 4) is 12.3 Å². The molecule has 0 saturated carbocycles. The van der Waals surface area contributed by atoms with Crippen LogP contribution in [0, 0.1) is 24.2 Å². The molecule has 276 valence electrons. The number of amides is 5. The summed E-state index contributed by atoms with van der Waals surface area (Å²) in [5, 5.41) is 13.2. The van der Waals surface area contributed by atoms with Gasteiger partial charge in [-0.2, -0.15) is 0 Å². The highest BCUT2D eigenvalue weighted by Crippen LogP contribution is 2.32. The van der Waals surface area contributed by atoms with Crippen molar-refractivity contribution in [3.63, 3.8) is 0 Å². The molecule has 1 fully saturated rings. The predicted octanol–water partition coefficient (Wildman–Crippen LogP) is 4.17. The molecule has 0 bridgehead atoms. The molecule has 4 unspecified atom stereocenters. The summed E-state index contributed by atoms with van der Waals surface area (Å²) in [5.74, 6) is -0.259. The van der Waals surface area contributed by atoms with E-state index < -0.39 is 41.8 Å². The third kappa shape index (κ3) is 12.3. The number of nitrogens with one attached hydrogen (secondary N) is 4. The first kappa shape index (κ1) is 41.4. The molecule has 0 aromatic heterocycles. The molecule has 0 radical (unpaired) electrons. The fraction of sp³-hybridized carbons (Fsp3) is 0.500. The maximum Gasteiger partial charge on any atom is 0.315 e. The fourth-order valence-electron chi connectivity index (χ4n) is 6.29. The van der Waals surface area contributed by atoms with Crippen molar-refractivity contribution in [1.82, 2.24) is 30.5 Å². The van der Waals surface area contributed by atoms with Crippen molar-refractivity contribution in [3.05, 3.63) is 70.3 Å². The Morgan fingerprint density at radius 3 is 2.41 bits per heavy atom. The minimum atomic E-state index is -1.15. The Balaban J connectivity index is 1.79. The number of Topliss-reactive ketones (excluding diaryl/α,β-unsaturated/α-hetero) is 1. The Morgan fingerprint density at radius 2 is 1.80 bits per heavy atom. The monoisotopic (exact) mass is 736 g/mol. The highest BCUT2D eigenvalue weighted by molar-refractivity contribution is 8.22. The zero-order valence-corrected chi connectivity index (χ0v) is 31.7. The van der Waals surface area contributed by atoms with Crippen LogP contribution in [-0.4, -0.2) is 89.6 Å². The van der Waals surface area contributed by atoms with Gasteiger partial charge in [-0.05, 0) is 86.4 Å². The molecule has 4 atom stereocenters. The number of carbonyl (C=O) groups excluding carboxylic acids is 5. The third-order valence-corrected chi connectivity index (χ3v) is 10.8. The van der Waals surface area contributed by atoms with Crippen LogP contribution in [0.3, 0.4) is 0 Å². The lowest BCUT2D eigenvalue weighted by Crippen LogP contribution is -2.60. The normalized spacial score (nSPS) is 17.4. The highest BCUT2D eigenvalue weighted by Gasteiger charge is 2.43. The molecule has 2 aliphatic rings. The van der Waals surface area contributed by atoms with Crippen LogP contribution in [0.1, 0.15) is 57.6 Å². The zero-order chi connectivity index (χ0) is 37.5. The minimum Gasteiger partial charge on any atom is -0.346 e. The van der Waals surface area contributed by atoms with E-state index in [0.717, 1.165) is 15.4 Å². The van der Waals surface area contributed by atoms with E-state index >= 15 is 0 Å². The molecular formula is C38H52N6O5S2. The first-order valence-electron chi connectivity index (χ1n) is 17.4. The Bertz CT molecular complexity index is 1480. The van der Waals surface area contributed by atoms with Crippen molar-refractivity contribution in [1.29, 1.82) is 0 Å². The molecule has 1 saturated heterocycles. The van der Waals surface area contributed by atoms with Crippen LogP contribution in [-0.2, 0) is 32.0 Å². The first-order valence-corrected chi connectivity index (χ1v) is 19.0. The Kier molecular flexibility index (Phi) is 16.9. The summed E-state index contributed by atoms with van der Waals surface area (Å²) >= 11 is 3.03. The van der Waals surface area contributed by atoms with E-state index in [1.165, 1.54) is 34.7 Å². The highest BCUT2D eigenvalue weighted by atomic mass is 32.2. The van der Waals surface area contributed by atoms with E-state index in [1.807, 2.05) is 67.9 Å². The van der Waals surface area contributed by atoms with Crippen LogP contribution in [0.2, 0.25) is 0 Å². The Morgan fingerprint density at radius 1 is 1.12 bits per heavy atom. The van der Waals surface area contributed by atoms with Gasteiger partial charge in [-0.25, -0.2) is 9.10 Å². The average Bonchev–Trinajstić information content (AvgIpc) is 3.77. The van der Waals surface area contributed by atoms with E-state index in [-0.39, 0.29) is 43.2 Å². The Labute approximate surface area is 311 Å². The smallest absolute Gasteiger partial charge is 0.315 e. The first-order chi connectivity index (χ1) is 24.4. The lowest BCUT2D eigenvalue weighted by atomic mass is 9.94. The number of fused-ring (bicyclic) bond motifs is 1. The topological polar surface area (TPSA) is 140 Å². The maximum atomic E-state index is 14.5. The van der Waals surface area contributed by atoms with Crippen molar-refractivity contribution < 1.29 is 24.0 Å². The summed E-state index contributed by atoms with van der Waals surface area (Å²) in [5.41, 5.74) is 2.25. The second kappa shape index (κ2) is 20.8. The van der Waals surface area contributed by atoms with Gasteiger partial charge in [0, 0.05) is 32.1 Å². The molecule has 4 N–H and O–H groups in total. The second-order valence-electron chi connectivity index (χ2n) is 13.1. The Hall–Kier alpha value is -3.99. The van der Waals surface area contributed by atoms with Crippen molar-refractivity contribution in [2.24, 2.45) is 11.8 Å². The van der Waals surface area contributed by atoms with Crippen LogP contribution >= 0.6 is 23.7 Å². The van der Waals surface area contributed by atoms with E-state index in [9.17, 15) is 24.0 Å². The number of urea groups is 1. The van der Waals surface area contributed by atoms with E-state index in [0.29, 0.717) is 38.8 Å². The molecule has 13 heteroatoms. The van der Waals surface area contributed by atoms with E-state index in [1.54, 1.807) is 0 Å². The van der Waals surface area contributed by atoms with E-state index in [4.69, 9.17) is 6.42 Å². The van der Waals surface area contributed by atoms with Crippen molar-refractivity contribution in [2.75, 3.05) is 26.7 Å². The number of allylic oxidation sites excluding steroid dienone is 1. The number of ketones is 1. The molecule has 1 heterocycles. The van der Waals surface area contributed by atoms with Gasteiger partial charge in [-0.15, -0.1) is 18.9 Å². The molecule has 5 amide bonds. The maximum absolute atomic E-state index is 14.5. The van der Waals surface area contributed by atoms with Gasteiger partial charge in [0.05, 0.1) is 10.3 Å². The summed E-state index contributed by atoms with van der Waals surface area (Å²) in [6, 6.07) is 4.35. The number of likely N-dealkylation sites (tertiary alicyclic amines) is 1. The lowest BCUT2D eigenvalue weighted by molar-refractivity contribution is -0.143. The minimum absolute atomic E-state index is 0.0708. The predicted molar refractivity (Wildman–Crippen MR) is 206 cm³/mol. The summed E-state index contributed by atoms with van der Waals surface area (Å²) in [6.07, 6.45) is 11.2. The zero-order valence-electron chi connectivity index (χ0n) is 30.1. The van der Waals surface area contributed by atoms with Gasteiger partial charge in [0.1, 0.15) is 12.1 Å². The van der Waals surface area contributed by atoms with Gasteiger partial charge in [-0.3, -0.25) is 19.2 Å². The van der Waals surface area contributed by atoms with Gasteiger partial charge < -0.3 is 26.2 Å². The number of hydrogen-bond acceptors (Lipinski definition) is 8. The van der Waals surface area contributed by atoms with Crippen LogP contribution < -0.4 is 21.3 Å². The molecule has 0 spiro atoms. The number of carbonyl (C=O) groups is 5. The average molecular weight is 737 g/mol. The molecule has 11 nitrogen and oxygen atoms in total. The van der Waals surface area contributed by atoms with E-state index in [2.05, 4.69) is 40.3 Å². The number of terminal acetylenes is 1. The molecule has 1 aromatic rings. The lowest BCUT2D eigenvalue weighted by Gasteiger charge is -2.33. The molecule has 3 rings (SSSR count). The molecule has 1 aromatic carbocycles. The summed E-state index contributed by atoms with van der Waals surface area (Å²) in [6.45, 7) is 14.6. The summed E-state index contributed by atoms with van der Waals surface area (Å²) < 4.78 is 2.93. The molecule has 1 aliphatic heterocycles. The van der Waals surface area contributed by atoms with Crippen LogP contribution in [0.5, 0.6) is 0 Å². The van der Waals surface area contributed by atoms with Gasteiger partial charge in [-0.1, -0.05) is 68.6 Å². The number of hydrogen-bond donors (Lipinski definition) is 4. The van der Waals surface area contributed by atoms with Crippen LogP contribution in [0.15, 0.2) is 59.2 Å². The summed E-state index contributed by atoms with van der Waals surface area (Å²) in [7, 11) is 1.94. The van der Waals surface area contributed by atoms with Crippen molar-refractivity contribution >= 4 is 53.2 Å². The largest absolute Gasteiger partial charge is 0.346 e. The molecular weight excluding hydrogens is 685 g/mol. The SMILES string of the molecule is C#CCCC(NC(=O)C1CCCN1C(=O)C(NC(=O)NC(CN(C)SC(=C)S/C=C\C)C(C)C)C1Cc2ccccc2C1)C(=O)C(=O)NCC=C. The molecule has 51 heavy (non-hydrogen) atoms. The second-order valence-corrected chi connectivity index (χ2v) is 15.7. The number of thioether (sulfide) groups is 1. The standard InChI is InChI=1S/C38H52N6O5S2/c1-8-11-17-30(34(45)36(47)39-19-9-2)40-35(46)32-18-14-20-44(32)37(48)33(29-22-27-15-12-13-16-28(27)23-29)42-38(49)41-31(25(4)5)24-43(7)51-26(6)50-21-10-3/h1,9-10,12-13,15-16,21,25,29-33H,2,6,11,14,17-20,22-24H2,3-5,7H3,(H,39,47)(H,40,46)(H2,41,42,49)/b21-10-. The number of nitrogens with zero attached hydrogens (tertiary/aromatic N) is 2. The number of likely N-dealkylation sites (N-methyl/N-ethyl adjacent to an activating group) is 1. The summed E-state index contributed by atoms with van der Waals surface area (Å²) in [4.78, 5) is 68.8. The number of rotatable bonds is 19. The van der Waals surface area contributed by atoms with Gasteiger partial charge in [0.2, 0.25) is 17.6 Å². The number of benzene rings is 1. The van der Waals surface area contributed by atoms with Crippen LogP contribution in [0.25, 0.3) is 0 Å². The third-order valence-electron chi connectivity index (χ3n) is 8.95. The van der Waals surface area contributed by atoms with Gasteiger partial charge >= 0.3 is 6.03 Å². The van der Waals surface area contributed by atoms with Gasteiger partial charge in [0.15, 0.2) is 0 Å². The van der Waals surface area contributed by atoms with Crippen molar-refractivity contribution in [2.45, 2.75) is 83.5 Å².